The Balaban J connectivity index is 1.76. The van der Waals surface area contributed by atoms with E-state index in [2.05, 4.69) is 22.8 Å². The number of thiocarbonyl (C=S) groups is 1. The molecular weight excluding hydrogens is 518 g/mol. The molecule has 2 fully saturated rings. The number of piperazine rings is 1. The summed E-state index contributed by atoms with van der Waals surface area (Å²) in [6.45, 7) is 11.1. The van der Waals surface area contributed by atoms with Gasteiger partial charge in [-0.3, -0.25) is 19.1 Å². The molecule has 0 radical (unpaired) electrons. The molecule has 0 unspecified atom stereocenters. The summed E-state index contributed by atoms with van der Waals surface area (Å²) in [7, 11) is 1.61. The summed E-state index contributed by atoms with van der Waals surface area (Å²) in [5.41, 5.74) is 2.12. The molecule has 200 valence electrons. The van der Waals surface area contributed by atoms with Crippen LogP contribution in [0.1, 0.15) is 42.5 Å². The molecule has 0 bridgehead atoms. The number of nitrogens with zero attached hydrogens (tertiary/aromatic N) is 5. The molecule has 0 saturated carbocycles. The Labute approximate surface area is 233 Å². The van der Waals surface area contributed by atoms with Gasteiger partial charge in [-0.1, -0.05) is 50.0 Å². The normalized spacial score (nSPS) is 17.4. The number of pyridine rings is 1. The summed E-state index contributed by atoms with van der Waals surface area (Å²) in [6.07, 6.45) is 2.58. The first-order chi connectivity index (χ1) is 18.3. The van der Waals surface area contributed by atoms with E-state index in [1.54, 1.807) is 23.5 Å². The third kappa shape index (κ3) is 5.51. The van der Waals surface area contributed by atoms with Gasteiger partial charge in [-0.15, -0.1) is 0 Å². The summed E-state index contributed by atoms with van der Waals surface area (Å²) in [5, 5.41) is 9.87. The fourth-order valence-corrected chi connectivity index (χ4v) is 6.11. The molecule has 0 N–H and O–H groups in total. The molecule has 1 amide bonds. The highest BCUT2D eigenvalue weighted by Crippen LogP contribution is 2.37. The van der Waals surface area contributed by atoms with Gasteiger partial charge < -0.3 is 14.5 Å². The van der Waals surface area contributed by atoms with Gasteiger partial charge in [0.1, 0.15) is 27.5 Å². The van der Waals surface area contributed by atoms with E-state index in [0.29, 0.717) is 27.9 Å². The number of thioether (sulfide) groups is 1. The maximum atomic E-state index is 13.5. The predicted molar refractivity (Wildman–Crippen MR) is 156 cm³/mol. The van der Waals surface area contributed by atoms with Gasteiger partial charge in [-0.05, 0) is 49.2 Å². The molecule has 2 aromatic rings. The van der Waals surface area contributed by atoms with Crippen molar-refractivity contribution in [3.63, 3.8) is 0 Å². The Morgan fingerprint density at radius 1 is 1.13 bits per heavy atom. The summed E-state index contributed by atoms with van der Waals surface area (Å²) >= 11 is 6.85. The molecule has 0 aliphatic carbocycles. The molecule has 0 atom stereocenters. The number of rotatable bonds is 8. The van der Waals surface area contributed by atoms with Crippen molar-refractivity contribution >= 4 is 46.1 Å². The van der Waals surface area contributed by atoms with E-state index >= 15 is 0 Å². The lowest BCUT2D eigenvalue weighted by Crippen LogP contribution is -2.48. The molecule has 8 nitrogen and oxygen atoms in total. The highest BCUT2D eigenvalue weighted by atomic mass is 32.2. The van der Waals surface area contributed by atoms with E-state index < -0.39 is 0 Å². The van der Waals surface area contributed by atoms with Crippen LogP contribution in [0.15, 0.2) is 34.0 Å². The fraction of sp³-hybridized carbons (Fsp3) is 0.429. The lowest BCUT2D eigenvalue weighted by molar-refractivity contribution is -0.122. The predicted octanol–water partition coefficient (Wildman–Crippen LogP) is 3.99. The Morgan fingerprint density at radius 3 is 2.39 bits per heavy atom. The number of hydrogen-bond donors (Lipinski definition) is 0. The van der Waals surface area contributed by atoms with Gasteiger partial charge in [0.2, 0.25) is 0 Å². The molecule has 2 aliphatic heterocycles. The quantitative estimate of drug-likeness (QED) is 0.360. The maximum absolute atomic E-state index is 13.5. The number of nitriles is 1. The number of carbonyl (C=O) groups excluding carboxylic acids is 1. The van der Waals surface area contributed by atoms with Crippen LogP contribution < -0.4 is 15.2 Å². The molecule has 1 aromatic carbocycles. The summed E-state index contributed by atoms with van der Waals surface area (Å²) < 4.78 is 7.43. The van der Waals surface area contributed by atoms with Crippen LogP contribution >= 0.6 is 24.0 Å². The van der Waals surface area contributed by atoms with Crippen molar-refractivity contribution in [2.75, 3.05) is 44.7 Å². The second-order valence-electron chi connectivity index (χ2n) is 9.34. The minimum absolute atomic E-state index is 0.120. The molecule has 2 aliphatic rings. The zero-order valence-electron chi connectivity index (χ0n) is 22.3. The van der Waals surface area contributed by atoms with Crippen molar-refractivity contribution in [1.82, 2.24) is 14.4 Å². The fourth-order valence-electron chi connectivity index (χ4n) is 4.87. The number of hydrogen-bond acceptors (Lipinski definition) is 8. The van der Waals surface area contributed by atoms with Crippen LogP contribution in [0.2, 0.25) is 0 Å². The number of likely N-dealkylation sites (N-methyl/N-ethyl adjacent to an activating group) is 1. The minimum atomic E-state index is -0.274. The van der Waals surface area contributed by atoms with Crippen molar-refractivity contribution in [3.8, 4) is 11.8 Å². The number of anilines is 1. The van der Waals surface area contributed by atoms with E-state index in [9.17, 15) is 14.9 Å². The van der Waals surface area contributed by atoms with Crippen LogP contribution in [0.4, 0.5) is 5.82 Å². The van der Waals surface area contributed by atoms with E-state index in [-0.39, 0.29) is 17.0 Å². The number of amides is 1. The Kier molecular flexibility index (Phi) is 8.92. The number of methoxy groups -OCH3 is 1. The van der Waals surface area contributed by atoms with Gasteiger partial charge in [-0.2, -0.15) is 5.26 Å². The van der Waals surface area contributed by atoms with Crippen molar-refractivity contribution in [2.45, 2.75) is 40.3 Å². The lowest BCUT2D eigenvalue weighted by atomic mass is 10.0. The van der Waals surface area contributed by atoms with Gasteiger partial charge >= 0.3 is 0 Å². The number of benzene rings is 1. The van der Waals surface area contributed by atoms with Gasteiger partial charge in [0.25, 0.3) is 11.5 Å². The first-order valence-electron chi connectivity index (χ1n) is 12.9. The maximum Gasteiger partial charge on any atom is 0.270 e. The summed E-state index contributed by atoms with van der Waals surface area (Å²) in [5.74, 6) is 1.35. The molecule has 2 saturated heterocycles. The third-order valence-corrected chi connectivity index (χ3v) is 8.44. The molecular formula is C28H33N5O3S2. The molecule has 10 heteroatoms. The van der Waals surface area contributed by atoms with Crippen LogP contribution in [0.5, 0.6) is 5.75 Å². The van der Waals surface area contributed by atoms with Crippen LogP contribution in [0, 0.1) is 18.3 Å². The first kappa shape index (κ1) is 27.9. The van der Waals surface area contributed by atoms with Gasteiger partial charge in [0, 0.05) is 38.3 Å². The van der Waals surface area contributed by atoms with Crippen molar-refractivity contribution in [3.05, 3.63) is 61.8 Å². The molecule has 38 heavy (non-hydrogen) atoms. The smallest absolute Gasteiger partial charge is 0.270 e. The standard InChI is InChI=1S/C28H33N5O3S2/c1-5-11-32-25(31-14-12-30(6-2)13-15-31)22(19(3)23(17-29)26(32)34)16-24-27(35)33(28(37)38-24)18-20-7-9-21(36-4)10-8-20/h7-10,16H,5-6,11-15,18H2,1-4H3/b24-16-. The Bertz CT molecular complexity index is 1350. The molecule has 0 spiro atoms. The van der Waals surface area contributed by atoms with Crippen molar-refractivity contribution in [1.29, 1.82) is 5.26 Å². The number of aromatic nitrogens is 1. The monoisotopic (exact) mass is 551 g/mol. The van der Waals surface area contributed by atoms with Crippen LogP contribution in [-0.2, 0) is 17.9 Å². The first-order valence-corrected chi connectivity index (χ1v) is 14.1. The Hall–Kier alpha value is -3.13. The van der Waals surface area contributed by atoms with E-state index in [4.69, 9.17) is 17.0 Å². The summed E-state index contributed by atoms with van der Waals surface area (Å²) in [4.78, 5) is 33.6. The van der Waals surface area contributed by atoms with Gasteiger partial charge in [0.15, 0.2) is 0 Å². The summed E-state index contributed by atoms with van der Waals surface area (Å²) in [6, 6.07) is 9.67. The van der Waals surface area contributed by atoms with Crippen LogP contribution in [0.25, 0.3) is 6.08 Å². The van der Waals surface area contributed by atoms with Crippen LogP contribution in [0.3, 0.4) is 0 Å². The largest absolute Gasteiger partial charge is 0.497 e. The van der Waals surface area contributed by atoms with Gasteiger partial charge in [-0.25, -0.2) is 0 Å². The third-order valence-electron chi connectivity index (χ3n) is 7.06. The van der Waals surface area contributed by atoms with Crippen molar-refractivity contribution in [2.24, 2.45) is 0 Å². The highest BCUT2D eigenvalue weighted by molar-refractivity contribution is 8.26. The molecule has 3 heterocycles. The van der Waals surface area contributed by atoms with Crippen molar-refractivity contribution < 1.29 is 9.53 Å². The Morgan fingerprint density at radius 2 is 1.82 bits per heavy atom. The molecule has 4 rings (SSSR count). The lowest BCUT2D eigenvalue weighted by Gasteiger charge is -2.37. The zero-order chi connectivity index (χ0) is 27.4. The highest BCUT2D eigenvalue weighted by Gasteiger charge is 2.33. The number of ether oxygens (including phenoxy) is 1. The van der Waals surface area contributed by atoms with Gasteiger partial charge in [0.05, 0.1) is 18.6 Å². The minimum Gasteiger partial charge on any atom is -0.497 e. The second-order valence-corrected chi connectivity index (χ2v) is 11.0. The topological polar surface area (TPSA) is 81.8 Å². The number of carbonyl (C=O) groups is 1. The van der Waals surface area contributed by atoms with Crippen LogP contribution in [-0.4, -0.2) is 64.4 Å². The second kappa shape index (κ2) is 12.2. The van der Waals surface area contributed by atoms with E-state index in [1.165, 1.54) is 11.8 Å². The zero-order valence-corrected chi connectivity index (χ0v) is 24.0. The molecule has 1 aromatic heterocycles. The SMILES string of the molecule is CCCn1c(N2CCN(CC)CC2)c(/C=C2\SC(=S)N(Cc3ccc(OC)cc3)C2=O)c(C)c(C#N)c1=O. The van der Waals surface area contributed by atoms with E-state index in [1.807, 2.05) is 37.3 Å². The average molecular weight is 552 g/mol. The average Bonchev–Trinajstić information content (AvgIpc) is 3.19. The van der Waals surface area contributed by atoms with E-state index in [0.717, 1.165) is 61.8 Å².